The number of phenolic OH excluding ortho intramolecular Hbond substituents is 1. The third-order valence-corrected chi connectivity index (χ3v) is 11.3. The lowest BCUT2D eigenvalue weighted by Crippen LogP contribution is -2.52. The number of fused-ring (bicyclic) bond motifs is 3. The van der Waals surface area contributed by atoms with Gasteiger partial charge in [-0.05, 0) is 102 Å². The number of rotatable bonds is 8. The van der Waals surface area contributed by atoms with E-state index in [9.17, 15) is 5.11 Å². The molecule has 1 saturated heterocycles. The second kappa shape index (κ2) is 15.8. The predicted octanol–water partition coefficient (Wildman–Crippen LogP) is 8.11. The van der Waals surface area contributed by atoms with E-state index in [1.165, 1.54) is 5.56 Å². The lowest BCUT2D eigenvalue weighted by Gasteiger charge is -2.40. The molecule has 4 aromatic carbocycles. The molecule has 0 spiro atoms. The molecule has 57 heavy (non-hydrogen) atoms. The van der Waals surface area contributed by atoms with Gasteiger partial charge in [0.15, 0.2) is 0 Å². The number of aromatic hydroxyl groups is 1. The van der Waals surface area contributed by atoms with Gasteiger partial charge in [0.2, 0.25) is 0 Å². The number of hydrogen-bond acceptors (Lipinski definition) is 6. The number of halogens is 1. The summed E-state index contributed by atoms with van der Waals surface area (Å²) in [6, 6.07) is 36.2. The topological polar surface area (TPSA) is 91.9 Å². The van der Waals surface area contributed by atoms with E-state index in [2.05, 4.69) is 23.1 Å². The van der Waals surface area contributed by atoms with Crippen LogP contribution >= 0.6 is 12.4 Å². The van der Waals surface area contributed by atoms with Crippen molar-refractivity contribution in [2.75, 3.05) is 44.9 Å². The van der Waals surface area contributed by atoms with Crippen molar-refractivity contribution in [3.05, 3.63) is 150 Å². The SMILES string of the molecule is COc1ccc(C(=O)N2Cc3ccccc3C[C@H]2CN2CCOCC2)c(-c2cc(C(=O)N(c3ccc(O)cc3)c3ccc4c(ccn4C)c3)c3ccccn23)c1.Cl. The van der Waals surface area contributed by atoms with Gasteiger partial charge in [-0.15, -0.1) is 12.4 Å². The molecule has 290 valence electrons. The number of hydrogen-bond donors (Lipinski definition) is 1. The maximum absolute atomic E-state index is 15.1. The summed E-state index contributed by atoms with van der Waals surface area (Å²) in [6.07, 6.45) is 4.68. The number of methoxy groups -OCH3 is 1. The Labute approximate surface area is 337 Å². The molecule has 3 aromatic heterocycles. The Morgan fingerprint density at radius 2 is 1.56 bits per heavy atom. The average Bonchev–Trinajstić information content (AvgIpc) is 3.81. The van der Waals surface area contributed by atoms with Gasteiger partial charge < -0.3 is 28.4 Å². The third kappa shape index (κ3) is 7.12. The molecular formula is C46H44ClN5O5. The number of phenols is 1. The average molecular weight is 782 g/mol. The van der Waals surface area contributed by atoms with Gasteiger partial charge in [0, 0.05) is 85.1 Å². The van der Waals surface area contributed by atoms with E-state index in [4.69, 9.17) is 9.47 Å². The molecule has 11 heteroatoms. The van der Waals surface area contributed by atoms with E-state index in [0.29, 0.717) is 64.8 Å². The minimum atomic E-state index is -0.255. The van der Waals surface area contributed by atoms with E-state index in [0.717, 1.165) is 42.5 Å². The zero-order valence-electron chi connectivity index (χ0n) is 31.9. The molecule has 10 nitrogen and oxygen atoms in total. The van der Waals surface area contributed by atoms with Crippen LogP contribution in [-0.2, 0) is 24.8 Å². The third-order valence-electron chi connectivity index (χ3n) is 11.3. The van der Waals surface area contributed by atoms with Gasteiger partial charge >= 0.3 is 0 Å². The Balaban J connectivity index is 0.00000455. The van der Waals surface area contributed by atoms with Crippen molar-refractivity contribution in [3.8, 4) is 22.8 Å². The maximum Gasteiger partial charge on any atom is 0.265 e. The molecule has 1 atom stereocenters. The molecule has 0 radical (unpaired) electrons. The fourth-order valence-corrected chi connectivity index (χ4v) is 8.32. The van der Waals surface area contributed by atoms with Crippen LogP contribution in [0.25, 0.3) is 27.7 Å². The number of anilines is 2. The Morgan fingerprint density at radius 1 is 0.807 bits per heavy atom. The van der Waals surface area contributed by atoms with Crippen molar-refractivity contribution in [3.63, 3.8) is 0 Å². The number of carbonyl (C=O) groups is 2. The van der Waals surface area contributed by atoms with Gasteiger partial charge in [-0.1, -0.05) is 30.3 Å². The van der Waals surface area contributed by atoms with Crippen molar-refractivity contribution in [1.82, 2.24) is 18.8 Å². The monoisotopic (exact) mass is 781 g/mol. The number of nitrogens with zero attached hydrogens (tertiary/aromatic N) is 5. The second-order valence-corrected chi connectivity index (χ2v) is 14.6. The first kappa shape index (κ1) is 37.8. The van der Waals surface area contributed by atoms with E-state index in [1.54, 1.807) is 36.3 Å². The fraction of sp³-hybridized carbons (Fsp3) is 0.217. The standard InChI is InChI=1S/C46H43N5O5.ClH/c1-47-20-18-32-26-35(12-17-42(32)47)51(34-10-13-37(52)14-11-34)46(54)41-28-44(49-19-6-5-9-43(41)49)40-27-38(55-2)15-16-39(40)45(53)50-29-33-8-4-3-7-31(33)25-36(50)30-48-21-23-56-24-22-48;/h3-20,26-28,36,52H,21-25,29-30H2,1-2H3;1H/t36-;/m0./s1. The molecule has 2 amide bonds. The fourth-order valence-electron chi connectivity index (χ4n) is 8.32. The molecule has 5 heterocycles. The van der Waals surface area contributed by atoms with Crippen molar-refractivity contribution in [1.29, 1.82) is 0 Å². The normalized spacial score (nSPS) is 15.6. The van der Waals surface area contributed by atoms with Gasteiger partial charge in [0.05, 0.1) is 37.1 Å². The minimum Gasteiger partial charge on any atom is -0.508 e. The summed E-state index contributed by atoms with van der Waals surface area (Å²) in [4.78, 5) is 36.3. The number of aryl methyl sites for hydroxylation is 1. The van der Waals surface area contributed by atoms with Crippen LogP contribution < -0.4 is 9.64 Å². The summed E-state index contributed by atoms with van der Waals surface area (Å²) in [5, 5.41) is 11.2. The van der Waals surface area contributed by atoms with Crippen LogP contribution in [0.2, 0.25) is 0 Å². The molecule has 0 aliphatic carbocycles. The molecule has 1 N–H and O–H groups in total. The molecule has 7 aromatic rings. The van der Waals surface area contributed by atoms with Crippen LogP contribution in [-0.4, -0.2) is 81.7 Å². The first-order valence-electron chi connectivity index (χ1n) is 19.0. The highest BCUT2D eigenvalue weighted by Crippen LogP contribution is 2.37. The van der Waals surface area contributed by atoms with Gasteiger partial charge in [-0.3, -0.25) is 19.4 Å². The van der Waals surface area contributed by atoms with Crippen LogP contribution in [0, 0.1) is 0 Å². The quantitative estimate of drug-likeness (QED) is 0.168. The van der Waals surface area contributed by atoms with Gasteiger partial charge in [-0.25, -0.2) is 0 Å². The Hall–Kier alpha value is -6.07. The van der Waals surface area contributed by atoms with Crippen LogP contribution in [0.3, 0.4) is 0 Å². The van der Waals surface area contributed by atoms with Crippen LogP contribution in [0.5, 0.6) is 11.5 Å². The summed E-state index contributed by atoms with van der Waals surface area (Å²) in [5.74, 6) is 0.382. The number of benzene rings is 4. The summed E-state index contributed by atoms with van der Waals surface area (Å²) in [6.45, 7) is 4.30. The van der Waals surface area contributed by atoms with Crippen molar-refractivity contribution < 1.29 is 24.2 Å². The van der Waals surface area contributed by atoms with Gasteiger partial charge in [0.25, 0.3) is 11.8 Å². The van der Waals surface area contributed by atoms with Crippen molar-refractivity contribution >= 4 is 52.0 Å². The number of carbonyl (C=O) groups excluding carboxylic acids is 2. The highest BCUT2D eigenvalue weighted by molar-refractivity contribution is 6.16. The summed E-state index contributed by atoms with van der Waals surface area (Å²) >= 11 is 0. The molecule has 0 saturated carbocycles. The highest BCUT2D eigenvalue weighted by Gasteiger charge is 2.34. The maximum atomic E-state index is 15.1. The number of ether oxygens (including phenoxy) is 2. The number of amides is 2. The Kier molecular flexibility index (Phi) is 10.5. The molecule has 2 aliphatic heterocycles. The highest BCUT2D eigenvalue weighted by atomic mass is 35.5. The van der Waals surface area contributed by atoms with E-state index >= 15 is 9.59 Å². The summed E-state index contributed by atoms with van der Waals surface area (Å²) in [7, 11) is 3.61. The van der Waals surface area contributed by atoms with E-state index in [-0.39, 0.29) is 36.0 Å². The Morgan fingerprint density at radius 3 is 2.35 bits per heavy atom. The molecule has 0 unspecified atom stereocenters. The molecule has 0 bridgehead atoms. The zero-order valence-corrected chi connectivity index (χ0v) is 32.7. The lowest BCUT2D eigenvalue weighted by atomic mass is 9.92. The number of pyridine rings is 1. The van der Waals surface area contributed by atoms with Crippen LogP contribution in [0.1, 0.15) is 31.8 Å². The largest absolute Gasteiger partial charge is 0.508 e. The minimum absolute atomic E-state index is 0. The lowest BCUT2D eigenvalue weighted by molar-refractivity contribution is 0.0193. The molecular weight excluding hydrogens is 738 g/mol. The van der Waals surface area contributed by atoms with E-state index < -0.39 is 0 Å². The van der Waals surface area contributed by atoms with Crippen molar-refractivity contribution in [2.45, 2.75) is 19.0 Å². The molecule has 2 aliphatic rings. The van der Waals surface area contributed by atoms with Crippen molar-refractivity contribution in [2.24, 2.45) is 7.05 Å². The first-order valence-corrected chi connectivity index (χ1v) is 19.0. The summed E-state index contributed by atoms with van der Waals surface area (Å²) < 4.78 is 15.4. The number of morpholine rings is 1. The Bertz CT molecular complexity index is 2590. The predicted molar refractivity (Wildman–Crippen MR) is 225 cm³/mol. The van der Waals surface area contributed by atoms with Crippen LogP contribution in [0.15, 0.2) is 128 Å². The zero-order chi connectivity index (χ0) is 38.3. The number of aromatic nitrogens is 2. The summed E-state index contributed by atoms with van der Waals surface area (Å²) in [5.41, 5.74) is 7.80. The van der Waals surface area contributed by atoms with Crippen LogP contribution in [0.4, 0.5) is 11.4 Å². The van der Waals surface area contributed by atoms with Gasteiger partial charge in [-0.2, -0.15) is 0 Å². The smallest absolute Gasteiger partial charge is 0.265 e. The molecule has 1 fully saturated rings. The first-order chi connectivity index (χ1) is 27.4. The van der Waals surface area contributed by atoms with E-state index in [1.807, 2.05) is 106 Å². The molecule has 9 rings (SSSR count). The second-order valence-electron chi connectivity index (χ2n) is 14.6. The van der Waals surface area contributed by atoms with Gasteiger partial charge in [0.1, 0.15) is 11.5 Å².